The van der Waals surface area contributed by atoms with E-state index in [-0.39, 0.29) is 16.2 Å². The second kappa shape index (κ2) is 7.04. The molecule has 0 saturated carbocycles. The molecule has 2 heterocycles. The number of fused-ring (bicyclic) bond motifs is 5. The molecule has 0 radical (unpaired) electrons. The van der Waals surface area contributed by atoms with Crippen molar-refractivity contribution in [1.29, 1.82) is 0 Å². The van der Waals surface area contributed by atoms with Gasteiger partial charge in [-0.1, -0.05) is 36.4 Å². The molecule has 0 bridgehead atoms. The molecule has 1 N–H and O–H groups in total. The van der Waals surface area contributed by atoms with Crippen LogP contribution in [-0.4, -0.2) is 48.2 Å². The van der Waals surface area contributed by atoms with Gasteiger partial charge in [0, 0.05) is 5.69 Å². The van der Waals surface area contributed by atoms with Crippen LogP contribution in [0.25, 0.3) is 0 Å². The smallest absolute Gasteiger partial charge is 0.334 e. The van der Waals surface area contributed by atoms with E-state index >= 15 is 0 Å². The van der Waals surface area contributed by atoms with Crippen LogP contribution in [0.4, 0.5) is 5.69 Å². The van der Waals surface area contributed by atoms with Gasteiger partial charge < -0.3 is 19.9 Å². The molecule has 1 fully saturated rings. The molecular weight excluding hydrogens is 368 g/mol. The molecule has 0 aromatic heterocycles. The number of aryl methyl sites for hydroxylation is 1. The molecule has 0 aliphatic carbocycles. The number of quaternary nitrogens is 1. The summed E-state index contributed by atoms with van der Waals surface area (Å²) in [6.07, 6.45) is 1.60. The lowest BCUT2D eigenvalue weighted by molar-refractivity contribution is -0.874. The van der Waals surface area contributed by atoms with E-state index in [2.05, 4.69) is 42.2 Å². The molecule has 0 amide bonds. The predicted molar refractivity (Wildman–Crippen MR) is 107 cm³/mol. The lowest BCUT2D eigenvalue weighted by Crippen LogP contribution is -2.60. The quantitative estimate of drug-likeness (QED) is 0.634. The number of carbonyl (C=O) groups excluding carboxylic acids is 1. The summed E-state index contributed by atoms with van der Waals surface area (Å²) in [6.45, 7) is 3.63. The van der Waals surface area contributed by atoms with E-state index in [0.717, 1.165) is 12.5 Å². The first-order valence-corrected chi connectivity index (χ1v) is 9.73. The Hall–Kier alpha value is -3.12. The highest BCUT2D eigenvalue weighted by Crippen LogP contribution is 2.41. The van der Waals surface area contributed by atoms with Crippen molar-refractivity contribution in [2.75, 3.05) is 31.6 Å². The van der Waals surface area contributed by atoms with Gasteiger partial charge in [0.05, 0.1) is 19.7 Å². The molecule has 29 heavy (non-hydrogen) atoms. The van der Waals surface area contributed by atoms with Crippen LogP contribution in [0.15, 0.2) is 54.2 Å². The van der Waals surface area contributed by atoms with E-state index in [9.17, 15) is 19.8 Å². The number of carboxylic acids is 2. The molecule has 6 nitrogen and oxygen atoms in total. The number of aliphatic carboxylic acids is 2. The number of carbonyl (C=O) groups is 2. The minimum absolute atomic E-state index is 0.0191. The van der Waals surface area contributed by atoms with Crippen LogP contribution < -0.4 is 10.0 Å². The maximum Gasteiger partial charge on any atom is 0.334 e. The zero-order valence-corrected chi connectivity index (χ0v) is 16.6. The average Bonchev–Trinajstić information content (AvgIpc) is 2.80. The summed E-state index contributed by atoms with van der Waals surface area (Å²) in [6, 6.07) is 14.7. The second-order valence-corrected chi connectivity index (χ2v) is 8.17. The number of anilines is 1. The van der Waals surface area contributed by atoms with Crippen molar-refractivity contribution in [1.82, 2.24) is 0 Å². The number of benzene rings is 2. The van der Waals surface area contributed by atoms with Crippen LogP contribution in [0.5, 0.6) is 0 Å². The number of rotatable bonds is 3. The Bertz CT molecular complexity index is 1030. The summed E-state index contributed by atoms with van der Waals surface area (Å²) in [5.74, 6) is -2.70. The van der Waals surface area contributed by atoms with Crippen LogP contribution in [0, 0.1) is 6.92 Å². The van der Waals surface area contributed by atoms with Gasteiger partial charge in [-0.3, -0.25) is 4.48 Å². The third-order valence-corrected chi connectivity index (χ3v) is 6.18. The molecule has 4 rings (SSSR count). The Morgan fingerprint density at radius 2 is 1.97 bits per heavy atom. The van der Waals surface area contributed by atoms with Crippen LogP contribution in [0.1, 0.15) is 28.3 Å². The first-order valence-electron chi connectivity index (χ1n) is 9.73. The van der Waals surface area contributed by atoms with E-state index in [1.165, 1.54) is 27.9 Å². The number of nitrogens with zero attached hydrogens (tertiary/aromatic N) is 2. The first kappa shape index (κ1) is 19.2. The normalized spacial score (nSPS) is 23.4. The zero-order valence-electron chi connectivity index (χ0n) is 16.6. The topological polar surface area (TPSA) is 80.7 Å². The molecule has 2 unspecified atom stereocenters. The van der Waals surface area contributed by atoms with Gasteiger partial charge in [-0.2, -0.15) is 0 Å². The molecule has 2 aromatic rings. The summed E-state index contributed by atoms with van der Waals surface area (Å²) in [5, 5.41) is 21.0. The molecule has 2 atom stereocenters. The van der Waals surface area contributed by atoms with Gasteiger partial charge in [0.15, 0.2) is 5.70 Å². The largest absolute Gasteiger partial charge is 0.540 e. The fraction of sp³-hybridized carbons (Fsp3) is 0.304. The highest BCUT2D eigenvalue weighted by molar-refractivity contribution is 5.91. The lowest BCUT2D eigenvalue weighted by Gasteiger charge is -2.48. The lowest BCUT2D eigenvalue weighted by atomic mass is 9.95. The molecule has 150 valence electrons. The molecule has 6 heteroatoms. The van der Waals surface area contributed by atoms with Gasteiger partial charge in [0.1, 0.15) is 25.1 Å². The summed E-state index contributed by atoms with van der Waals surface area (Å²) in [7, 11) is 1.78. The van der Waals surface area contributed by atoms with E-state index in [1.807, 2.05) is 12.1 Å². The predicted octanol–water partition coefficient (Wildman–Crippen LogP) is 1.63. The highest BCUT2D eigenvalue weighted by Gasteiger charge is 2.42. The van der Waals surface area contributed by atoms with Crippen molar-refractivity contribution in [3.8, 4) is 0 Å². The Balaban J connectivity index is 1.84. The highest BCUT2D eigenvalue weighted by atomic mass is 16.4. The minimum Gasteiger partial charge on any atom is -0.540 e. The van der Waals surface area contributed by atoms with Crippen molar-refractivity contribution in [3.63, 3.8) is 0 Å². The van der Waals surface area contributed by atoms with Crippen LogP contribution in [0.3, 0.4) is 0 Å². The molecule has 1 saturated heterocycles. The van der Waals surface area contributed by atoms with Crippen molar-refractivity contribution in [2.24, 2.45) is 0 Å². The number of piperazine rings is 1. The number of likely N-dealkylation sites (N-methyl/N-ethyl adjacent to an activating group) is 1. The maximum absolute atomic E-state index is 11.8. The SMILES string of the molecule is Cc1ccc2c(c1)N1CC[N+](C)(/C(=C\C(=O)O)C(=O)[O-])CC1c1ccccc1C2. The number of hydrogen-bond acceptors (Lipinski definition) is 4. The fourth-order valence-electron chi connectivity index (χ4n) is 4.70. The Kier molecular flexibility index (Phi) is 4.67. The van der Waals surface area contributed by atoms with Crippen molar-refractivity contribution < 1.29 is 24.3 Å². The van der Waals surface area contributed by atoms with Gasteiger partial charge in [-0.05, 0) is 41.7 Å². The van der Waals surface area contributed by atoms with Crippen molar-refractivity contribution in [2.45, 2.75) is 19.4 Å². The third-order valence-electron chi connectivity index (χ3n) is 6.18. The molecule has 2 aliphatic rings. The van der Waals surface area contributed by atoms with Crippen molar-refractivity contribution in [3.05, 3.63) is 76.5 Å². The summed E-state index contributed by atoms with van der Waals surface area (Å²) < 4.78 is 0.0191. The van der Waals surface area contributed by atoms with Crippen LogP contribution >= 0.6 is 0 Å². The van der Waals surface area contributed by atoms with E-state index < -0.39 is 11.9 Å². The second-order valence-electron chi connectivity index (χ2n) is 8.17. The monoisotopic (exact) mass is 392 g/mol. The first-order chi connectivity index (χ1) is 13.8. The van der Waals surface area contributed by atoms with Gasteiger partial charge >= 0.3 is 5.97 Å². The van der Waals surface area contributed by atoms with E-state index in [0.29, 0.717) is 19.6 Å². The fourth-order valence-corrected chi connectivity index (χ4v) is 4.70. The third kappa shape index (κ3) is 3.40. The molecule has 0 spiro atoms. The maximum atomic E-state index is 11.8. The van der Waals surface area contributed by atoms with Gasteiger partial charge in [0.2, 0.25) is 0 Å². The van der Waals surface area contributed by atoms with Crippen molar-refractivity contribution >= 4 is 17.6 Å². The summed E-state index contributed by atoms with van der Waals surface area (Å²) in [4.78, 5) is 25.4. The molecular formula is C23H24N2O4. The van der Waals surface area contributed by atoms with Gasteiger partial charge in [0.25, 0.3) is 0 Å². The van der Waals surface area contributed by atoms with E-state index in [4.69, 9.17) is 0 Å². The van der Waals surface area contributed by atoms with Crippen LogP contribution in [-0.2, 0) is 16.0 Å². The zero-order chi connectivity index (χ0) is 20.8. The average molecular weight is 392 g/mol. The van der Waals surface area contributed by atoms with E-state index in [1.54, 1.807) is 7.05 Å². The minimum atomic E-state index is -1.43. The van der Waals surface area contributed by atoms with Gasteiger partial charge in [-0.15, -0.1) is 0 Å². The standard InChI is InChI=1S/C23H24N2O4/c1-15-7-8-17-12-16-5-3-4-6-18(16)20-14-25(2,10-9-24(20)19(17)11-15)21(23(28)29)13-22(26)27/h3-8,11,13,20H,9-10,12,14H2,1-2H3,(H-,26,27,28,29)/b21-13-. The molecule has 2 aliphatic heterocycles. The molecule has 2 aromatic carbocycles. The summed E-state index contributed by atoms with van der Waals surface area (Å²) >= 11 is 0. The Morgan fingerprint density at radius 3 is 2.69 bits per heavy atom. The summed E-state index contributed by atoms with van der Waals surface area (Å²) in [5.41, 5.74) is 5.80. The number of carboxylic acid groups (broad SMARTS) is 2. The Labute approximate surface area is 169 Å². The van der Waals surface area contributed by atoms with Gasteiger partial charge in [-0.25, -0.2) is 4.79 Å². The Morgan fingerprint density at radius 1 is 1.21 bits per heavy atom. The number of hydrogen-bond donors (Lipinski definition) is 1. The van der Waals surface area contributed by atoms with Crippen LogP contribution in [0.2, 0.25) is 0 Å².